The number of amides is 1. The molecule has 2 aliphatic rings. The molecule has 2 saturated heterocycles. The first-order valence-corrected chi connectivity index (χ1v) is 6.99. The number of carbonyl (C=O) groups excluding carboxylic acids is 1. The van der Waals surface area contributed by atoms with Crippen molar-refractivity contribution in [1.29, 1.82) is 0 Å². The second-order valence-corrected chi connectivity index (χ2v) is 5.33. The smallest absolute Gasteiger partial charge is 0.220 e. The zero-order chi connectivity index (χ0) is 13.7. The molecule has 0 aromatic carbocycles. The number of hydrogen-bond donors (Lipinski definition) is 3. The Morgan fingerprint density at radius 3 is 2.89 bits per heavy atom. The summed E-state index contributed by atoms with van der Waals surface area (Å²) < 4.78 is 10.6. The van der Waals surface area contributed by atoms with E-state index in [0.29, 0.717) is 19.6 Å². The molecule has 0 radical (unpaired) electrons. The standard InChI is InChI=1S/C13H23NO5/c15-11-8-18-7-9(13(11)17)6-14-12(16)4-3-10-2-1-5-19-10/h9-11,13,15,17H,1-8H2,(H,14,16)/t9-,10?,11-,13+/m1/s1. The Labute approximate surface area is 113 Å². The maximum Gasteiger partial charge on any atom is 0.220 e. The monoisotopic (exact) mass is 273 g/mol. The number of ether oxygens (including phenoxy) is 2. The van der Waals surface area contributed by atoms with Gasteiger partial charge in [0.15, 0.2) is 0 Å². The first kappa shape index (κ1) is 14.7. The van der Waals surface area contributed by atoms with E-state index < -0.39 is 12.2 Å². The van der Waals surface area contributed by atoms with Gasteiger partial charge in [0.05, 0.1) is 25.4 Å². The summed E-state index contributed by atoms with van der Waals surface area (Å²) in [6.07, 6.45) is 1.84. The number of aliphatic hydroxyl groups excluding tert-OH is 2. The van der Waals surface area contributed by atoms with Crippen LogP contribution in [0.25, 0.3) is 0 Å². The van der Waals surface area contributed by atoms with Crippen molar-refractivity contribution in [2.45, 2.75) is 44.0 Å². The van der Waals surface area contributed by atoms with Crippen molar-refractivity contribution in [3.05, 3.63) is 0 Å². The number of carbonyl (C=O) groups is 1. The highest BCUT2D eigenvalue weighted by Crippen LogP contribution is 2.17. The molecule has 0 bridgehead atoms. The molecule has 1 unspecified atom stereocenters. The lowest BCUT2D eigenvalue weighted by Crippen LogP contribution is -2.48. The van der Waals surface area contributed by atoms with Gasteiger partial charge in [-0.3, -0.25) is 4.79 Å². The Balaban J connectivity index is 1.62. The van der Waals surface area contributed by atoms with E-state index in [1.807, 2.05) is 0 Å². The van der Waals surface area contributed by atoms with E-state index >= 15 is 0 Å². The fraction of sp³-hybridized carbons (Fsp3) is 0.923. The van der Waals surface area contributed by atoms with Gasteiger partial charge in [-0.2, -0.15) is 0 Å². The summed E-state index contributed by atoms with van der Waals surface area (Å²) >= 11 is 0. The number of rotatable bonds is 5. The van der Waals surface area contributed by atoms with Crippen LogP contribution in [-0.2, 0) is 14.3 Å². The molecule has 1 amide bonds. The molecule has 2 fully saturated rings. The molecule has 2 heterocycles. The topological polar surface area (TPSA) is 88.0 Å². The number of hydrogen-bond acceptors (Lipinski definition) is 5. The fourth-order valence-electron chi connectivity index (χ4n) is 2.53. The average Bonchev–Trinajstić information content (AvgIpc) is 2.91. The van der Waals surface area contributed by atoms with E-state index in [1.54, 1.807) is 0 Å². The molecule has 0 saturated carbocycles. The quantitative estimate of drug-likeness (QED) is 0.624. The maximum atomic E-state index is 11.7. The van der Waals surface area contributed by atoms with Crippen molar-refractivity contribution >= 4 is 5.91 Å². The van der Waals surface area contributed by atoms with Crippen LogP contribution in [-0.4, -0.2) is 60.8 Å². The van der Waals surface area contributed by atoms with E-state index in [1.165, 1.54) is 0 Å². The molecule has 0 spiro atoms. The second kappa shape index (κ2) is 7.19. The van der Waals surface area contributed by atoms with Crippen molar-refractivity contribution in [3.8, 4) is 0 Å². The van der Waals surface area contributed by atoms with Gasteiger partial charge in [0, 0.05) is 25.5 Å². The molecule has 6 nitrogen and oxygen atoms in total. The van der Waals surface area contributed by atoms with Crippen molar-refractivity contribution in [2.75, 3.05) is 26.4 Å². The lowest BCUT2D eigenvalue weighted by Gasteiger charge is -2.31. The van der Waals surface area contributed by atoms with E-state index in [0.717, 1.165) is 25.9 Å². The molecule has 3 N–H and O–H groups in total. The van der Waals surface area contributed by atoms with E-state index in [4.69, 9.17) is 9.47 Å². The molecule has 110 valence electrons. The van der Waals surface area contributed by atoms with Crippen LogP contribution in [0.5, 0.6) is 0 Å². The van der Waals surface area contributed by atoms with Crippen LogP contribution in [0.2, 0.25) is 0 Å². The van der Waals surface area contributed by atoms with Crippen LogP contribution in [0.1, 0.15) is 25.7 Å². The van der Waals surface area contributed by atoms with Crippen LogP contribution >= 0.6 is 0 Å². The summed E-state index contributed by atoms with van der Waals surface area (Å²) in [7, 11) is 0. The molecule has 0 aromatic rings. The number of aliphatic hydroxyl groups is 2. The minimum Gasteiger partial charge on any atom is -0.390 e. The van der Waals surface area contributed by atoms with Gasteiger partial charge >= 0.3 is 0 Å². The zero-order valence-corrected chi connectivity index (χ0v) is 11.1. The van der Waals surface area contributed by atoms with Crippen molar-refractivity contribution in [1.82, 2.24) is 5.32 Å². The van der Waals surface area contributed by atoms with Crippen LogP contribution in [0.15, 0.2) is 0 Å². The minimum absolute atomic E-state index is 0.0391. The summed E-state index contributed by atoms with van der Waals surface area (Å²) in [6, 6.07) is 0. The third-order valence-electron chi connectivity index (χ3n) is 3.78. The van der Waals surface area contributed by atoms with Crippen molar-refractivity contribution in [3.63, 3.8) is 0 Å². The first-order chi connectivity index (χ1) is 9.16. The minimum atomic E-state index is -0.859. The van der Waals surface area contributed by atoms with Gasteiger partial charge in [0.1, 0.15) is 6.10 Å². The molecular formula is C13H23NO5. The van der Waals surface area contributed by atoms with Crippen molar-refractivity contribution < 1.29 is 24.5 Å². The molecular weight excluding hydrogens is 250 g/mol. The van der Waals surface area contributed by atoms with Crippen molar-refractivity contribution in [2.24, 2.45) is 5.92 Å². The van der Waals surface area contributed by atoms with E-state index in [2.05, 4.69) is 5.32 Å². The lowest BCUT2D eigenvalue weighted by molar-refractivity contribution is -0.128. The van der Waals surface area contributed by atoms with Gasteiger partial charge in [-0.1, -0.05) is 0 Å². The Morgan fingerprint density at radius 2 is 2.16 bits per heavy atom. The normalized spacial score (nSPS) is 35.3. The van der Waals surface area contributed by atoms with Gasteiger partial charge in [-0.25, -0.2) is 0 Å². The Kier molecular flexibility index (Phi) is 5.57. The second-order valence-electron chi connectivity index (χ2n) is 5.33. The molecule has 2 aliphatic heterocycles. The Morgan fingerprint density at radius 1 is 1.32 bits per heavy atom. The average molecular weight is 273 g/mol. The predicted octanol–water partition coefficient (Wildman–Crippen LogP) is -0.570. The summed E-state index contributed by atoms with van der Waals surface area (Å²) in [5.74, 6) is -0.279. The van der Waals surface area contributed by atoms with Gasteiger partial charge in [-0.15, -0.1) is 0 Å². The first-order valence-electron chi connectivity index (χ1n) is 6.99. The third kappa shape index (κ3) is 4.42. The summed E-state index contributed by atoms with van der Waals surface area (Å²) in [4.78, 5) is 11.7. The molecule has 6 heteroatoms. The highest BCUT2D eigenvalue weighted by molar-refractivity contribution is 5.75. The highest BCUT2D eigenvalue weighted by Gasteiger charge is 2.31. The largest absolute Gasteiger partial charge is 0.390 e. The molecule has 0 aliphatic carbocycles. The van der Waals surface area contributed by atoms with Gasteiger partial charge in [0.25, 0.3) is 0 Å². The predicted molar refractivity (Wildman–Crippen MR) is 67.5 cm³/mol. The highest BCUT2D eigenvalue weighted by atomic mass is 16.5. The molecule has 4 atom stereocenters. The number of nitrogens with one attached hydrogen (secondary N) is 1. The van der Waals surface area contributed by atoms with E-state index in [-0.39, 0.29) is 24.5 Å². The van der Waals surface area contributed by atoms with Crippen LogP contribution in [0, 0.1) is 5.92 Å². The third-order valence-corrected chi connectivity index (χ3v) is 3.78. The zero-order valence-electron chi connectivity index (χ0n) is 11.1. The Bertz CT molecular complexity index is 293. The summed E-state index contributed by atoms with van der Waals surface area (Å²) in [6.45, 7) is 1.66. The maximum absolute atomic E-state index is 11.7. The molecule has 0 aromatic heterocycles. The van der Waals surface area contributed by atoms with Gasteiger partial charge < -0.3 is 25.0 Å². The summed E-state index contributed by atoms with van der Waals surface area (Å²) in [5, 5.41) is 22.0. The van der Waals surface area contributed by atoms with Gasteiger partial charge in [0.2, 0.25) is 5.91 Å². The summed E-state index contributed by atoms with van der Waals surface area (Å²) in [5.41, 5.74) is 0. The lowest BCUT2D eigenvalue weighted by atomic mass is 9.96. The van der Waals surface area contributed by atoms with Crippen LogP contribution in [0.4, 0.5) is 0 Å². The van der Waals surface area contributed by atoms with Gasteiger partial charge in [-0.05, 0) is 19.3 Å². The van der Waals surface area contributed by atoms with E-state index in [9.17, 15) is 15.0 Å². The SMILES string of the molecule is O=C(CCC1CCCO1)NC[C@@H]1COC[C@@H](O)[C@H]1O. The fourth-order valence-corrected chi connectivity index (χ4v) is 2.53. The molecule has 19 heavy (non-hydrogen) atoms. The van der Waals surface area contributed by atoms with Crippen LogP contribution < -0.4 is 5.32 Å². The molecule has 2 rings (SSSR count). The Hall–Kier alpha value is -0.690. The van der Waals surface area contributed by atoms with Crippen LogP contribution in [0.3, 0.4) is 0 Å².